The molecule has 0 bridgehead atoms. The lowest BCUT2D eigenvalue weighted by Gasteiger charge is -2.27. The molecule has 0 aromatic heterocycles. The van der Waals surface area contributed by atoms with Crippen molar-refractivity contribution in [2.24, 2.45) is 5.92 Å². The predicted molar refractivity (Wildman–Crippen MR) is 69.6 cm³/mol. The molecular weight excluding hydrogens is 198 g/mol. The first kappa shape index (κ1) is 14.0. The van der Waals surface area contributed by atoms with Crippen LogP contribution in [-0.2, 0) is 0 Å². The second kappa shape index (κ2) is 6.61. The standard InChI is InChI=1S/C14H29NO/c1-4-12(3)10-13(5-2)15-11-14(16)8-6-7-9-14/h12-13,15-16H,4-11H2,1-3H3. The van der Waals surface area contributed by atoms with Crippen molar-refractivity contribution < 1.29 is 5.11 Å². The summed E-state index contributed by atoms with van der Waals surface area (Å²) in [5.74, 6) is 0.788. The van der Waals surface area contributed by atoms with E-state index in [1.807, 2.05) is 0 Å². The van der Waals surface area contributed by atoms with Crippen LogP contribution in [0.25, 0.3) is 0 Å². The average Bonchev–Trinajstić information content (AvgIpc) is 2.71. The molecule has 0 amide bonds. The first-order chi connectivity index (χ1) is 7.59. The molecule has 1 aliphatic carbocycles. The molecule has 1 rings (SSSR count). The minimum atomic E-state index is -0.400. The van der Waals surface area contributed by atoms with Crippen LogP contribution in [0, 0.1) is 5.92 Å². The number of hydrogen-bond donors (Lipinski definition) is 2. The largest absolute Gasteiger partial charge is 0.389 e. The molecule has 2 nitrogen and oxygen atoms in total. The molecular formula is C14H29NO. The van der Waals surface area contributed by atoms with E-state index in [0.29, 0.717) is 6.04 Å². The lowest BCUT2D eigenvalue weighted by molar-refractivity contribution is 0.0438. The third kappa shape index (κ3) is 4.42. The van der Waals surface area contributed by atoms with Gasteiger partial charge in [-0.25, -0.2) is 0 Å². The minimum absolute atomic E-state index is 0.400. The minimum Gasteiger partial charge on any atom is -0.389 e. The normalized spacial score (nSPS) is 23.2. The lowest BCUT2D eigenvalue weighted by Crippen LogP contribution is -2.43. The SMILES string of the molecule is CCC(C)CC(CC)NCC1(O)CCCC1. The van der Waals surface area contributed by atoms with Gasteiger partial charge in [-0.3, -0.25) is 0 Å². The molecule has 0 saturated heterocycles. The summed E-state index contributed by atoms with van der Waals surface area (Å²) in [5, 5.41) is 13.8. The summed E-state index contributed by atoms with van der Waals surface area (Å²) in [5.41, 5.74) is -0.400. The van der Waals surface area contributed by atoms with Crippen LogP contribution in [0.15, 0.2) is 0 Å². The Labute approximate surface area is 101 Å². The van der Waals surface area contributed by atoms with Crippen molar-refractivity contribution >= 4 is 0 Å². The zero-order valence-corrected chi connectivity index (χ0v) is 11.3. The van der Waals surface area contributed by atoms with Crippen molar-refractivity contribution in [2.75, 3.05) is 6.54 Å². The molecule has 2 N–H and O–H groups in total. The highest BCUT2D eigenvalue weighted by molar-refractivity contribution is 4.87. The van der Waals surface area contributed by atoms with Crippen LogP contribution in [0.2, 0.25) is 0 Å². The summed E-state index contributed by atoms with van der Waals surface area (Å²) in [6.45, 7) is 7.59. The van der Waals surface area contributed by atoms with Crippen LogP contribution in [0.1, 0.15) is 65.7 Å². The Kier molecular flexibility index (Phi) is 5.77. The molecule has 1 aliphatic rings. The van der Waals surface area contributed by atoms with Crippen molar-refractivity contribution in [3.8, 4) is 0 Å². The highest BCUT2D eigenvalue weighted by atomic mass is 16.3. The Hall–Kier alpha value is -0.0800. The van der Waals surface area contributed by atoms with Crippen LogP contribution in [-0.4, -0.2) is 23.3 Å². The molecule has 0 aromatic rings. The van der Waals surface area contributed by atoms with Gasteiger partial charge in [-0.2, -0.15) is 0 Å². The van der Waals surface area contributed by atoms with Crippen LogP contribution >= 0.6 is 0 Å². The van der Waals surface area contributed by atoms with Gasteiger partial charge in [0.2, 0.25) is 0 Å². The molecule has 2 atom stereocenters. The van der Waals surface area contributed by atoms with Gasteiger partial charge in [0.1, 0.15) is 0 Å². The molecule has 0 heterocycles. The quantitative estimate of drug-likeness (QED) is 0.700. The Morgan fingerprint density at radius 2 is 1.81 bits per heavy atom. The highest BCUT2D eigenvalue weighted by Crippen LogP contribution is 2.29. The fourth-order valence-electron chi connectivity index (χ4n) is 2.59. The van der Waals surface area contributed by atoms with Crippen molar-refractivity contribution in [1.82, 2.24) is 5.32 Å². The number of nitrogens with one attached hydrogen (secondary N) is 1. The van der Waals surface area contributed by atoms with Gasteiger partial charge in [-0.05, 0) is 31.6 Å². The number of rotatable bonds is 7. The summed E-state index contributed by atoms with van der Waals surface area (Å²) >= 11 is 0. The second-order valence-electron chi connectivity index (χ2n) is 5.67. The van der Waals surface area contributed by atoms with Gasteiger partial charge in [0.05, 0.1) is 5.60 Å². The van der Waals surface area contributed by atoms with E-state index in [0.717, 1.165) is 25.3 Å². The molecule has 0 aromatic carbocycles. The zero-order chi connectivity index (χ0) is 12.0. The summed E-state index contributed by atoms with van der Waals surface area (Å²) in [7, 11) is 0. The van der Waals surface area contributed by atoms with Crippen molar-refractivity contribution in [3.63, 3.8) is 0 Å². The van der Waals surface area contributed by atoms with Gasteiger partial charge in [-0.1, -0.05) is 40.0 Å². The fraction of sp³-hybridized carbons (Fsp3) is 1.00. The second-order valence-corrected chi connectivity index (χ2v) is 5.67. The summed E-state index contributed by atoms with van der Waals surface area (Å²) in [6, 6.07) is 0.583. The van der Waals surface area contributed by atoms with Gasteiger partial charge in [0.15, 0.2) is 0 Å². The summed E-state index contributed by atoms with van der Waals surface area (Å²) < 4.78 is 0. The van der Waals surface area contributed by atoms with Crippen molar-refractivity contribution in [1.29, 1.82) is 0 Å². The van der Waals surface area contributed by atoms with Crippen molar-refractivity contribution in [3.05, 3.63) is 0 Å². The molecule has 0 spiro atoms. The van der Waals surface area contributed by atoms with E-state index in [1.54, 1.807) is 0 Å². The van der Waals surface area contributed by atoms with Gasteiger partial charge in [0, 0.05) is 12.6 Å². The van der Waals surface area contributed by atoms with Crippen LogP contribution < -0.4 is 5.32 Å². The Morgan fingerprint density at radius 1 is 1.19 bits per heavy atom. The van der Waals surface area contributed by atoms with E-state index in [-0.39, 0.29) is 0 Å². The number of aliphatic hydroxyl groups is 1. The smallest absolute Gasteiger partial charge is 0.0771 e. The van der Waals surface area contributed by atoms with E-state index in [4.69, 9.17) is 0 Å². The maximum Gasteiger partial charge on any atom is 0.0771 e. The maximum absolute atomic E-state index is 10.3. The summed E-state index contributed by atoms with van der Waals surface area (Å²) in [4.78, 5) is 0. The summed E-state index contributed by atoms with van der Waals surface area (Å²) in [6.07, 6.45) is 8.02. The van der Waals surface area contributed by atoms with Crippen LogP contribution in [0.3, 0.4) is 0 Å². The fourth-order valence-corrected chi connectivity index (χ4v) is 2.59. The van der Waals surface area contributed by atoms with E-state index in [2.05, 4.69) is 26.1 Å². The van der Waals surface area contributed by atoms with Gasteiger partial charge >= 0.3 is 0 Å². The molecule has 16 heavy (non-hydrogen) atoms. The third-order valence-corrected chi connectivity index (χ3v) is 4.13. The van der Waals surface area contributed by atoms with Gasteiger partial charge < -0.3 is 10.4 Å². The van der Waals surface area contributed by atoms with E-state index in [9.17, 15) is 5.11 Å². The third-order valence-electron chi connectivity index (χ3n) is 4.13. The van der Waals surface area contributed by atoms with E-state index < -0.39 is 5.60 Å². The number of hydrogen-bond acceptors (Lipinski definition) is 2. The Bertz CT molecular complexity index is 187. The van der Waals surface area contributed by atoms with Gasteiger partial charge in [-0.15, -0.1) is 0 Å². The van der Waals surface area contributed by atoms with E-state index in [1.165, 1.54) is 32.1 Å². The molecule has 2 unspecified atom stereocenters. The van der Waals surface area contributed by atoms with Crippen LogP contribution in [0.5, 0.6) is 0 Å². The Balaban J connectivity index is 2.27. The maximum atomic E-state index is 10.3. The molecule has 2 heteroatoms. The topological polar surface area (TPSA) is 32.3 Å². The van der Waals surface area contributed by atoms with Crippen LogP contribution in [0.4, 0.5) is 0 Å². The van der Waals surface area contributed by atoms with Gasteiger partial charge in [0.25, 0.3) is 0 Å². The molecule has 0 aliphatic heterocycles. The first-order valence-corrected chi connectivity index (χ1v) is 7.05. The average molecular weight is 227 g/mol. The first-order valence-electron chi connectivity index (χ1n) is 7.05. The molecule has 1 saturated carbocycles. The highest BCUT2D eigenvalue weighted by Gasteiger charge is 2.31. The molecule has 1 fully saturated rings. The molecule has 0 radical (unpaired) electrons. The zero-order valence-electron chi connectivity index (χ0n) is 11.3. The monoisotopic (exact) mass is 227 g/mol. The lowest BCUT2D eigenvalue weighted by atomic mass is 9.96. The predicted octanol–water partition coefficient (Wildman–Crippen LogP) is 3.10. The van der Waals surface area contributed by atoms with E-state index >= 15 is 0 Å². The molecule has 96 valence electrons. The van der Waals surface area contributed by atoms with Crippen molar-refractivity contribution in [2.45, 2.75) is 77.4 Å². The Morgan fingerprint density at radius 3 is 2.31 bits per heavy atom.